The maximum atomic E-state index is 13.3. The lowest BCUT2D eigenvalue weighted by Gasteiger charge is -2.26. The van der Waals surface area contributed by atoms with Gasteiger partial charge >= 0.3 is 11.9 Å². The number of allylic oxidation sites excluding steroid dienone is 1. The molecule has 29 heavy (non-hydrogen) atoms. The first-order chi connectivity index (χ1) is 13.8. The molecule has 1 aromatic carbocycles. The Morgan fingerprint density at radius 1 is 1.07 bits per heavy atom. The number of likely N-dealkylation sites (N-methyl/N-ethyl adjacent to an activating group) is 1. The van der Waals surface area contributed by atoms with Crippen LogP contribution in [0.4, 0.5) is 0 Å². The number of unbranched alkanes of at least 4 members (excludes halogenated alkanes) is 1. The molecule has 0 N–H and O–H groups in total. The van der Waals surface area contributed by atoms with E-state index in [1.54, 1.807) is 12.1 Å². The summed E-state index contributed by atoms with van der Waals surface area (Å²) >= 11 is 0. The van der Waals surface area contributed by atoms with E-state index >= 15 is 0 Å². The Hall–Kier alpha value is -3.29. The molecule has 8 heteroatoms. The van der Waals surface area contributed by atoms with E-state index in [9.17, 15) is 24.0 Å². The van der Waals surface area contributed by atoms with E-state index in [1.807, 2.05) is 6.92 Å². The molecule has 0 saturated carbocycles. The maximum Gasteiger partial charge on any atom is 0.326 e. The van der Waals surface area contributed by atoms with Gasteiger partial charge in [-0.25, -0.2) is 0 Å². The minimum Gasteiger partial charge on any atom is -0.468 e. The standard InChI is InChI=1S/C21H21NO7/c1-4-5-10-29-14(23)11-21(20(27)28-3)15-16(22(2)19(21)26)18(25)13-9-7-6-8-12(13)17(15)24/h6-9H,4-5,10-11H2,1-3H3. The highest BCUT2D eigenvalue weighted by Crippen LogP contribution is 2.48. The minimum atomic E-state index is -2.25. The zero-order valence-electron chi connectivity index (χ0n) is 16.4. The Bertz CT molecular complexity index is 962. The largest absolute Gasteiger partial charge is 0.468 e. The lowest BCUT2D eigenvalue weighted by atomic mass is 9.72. The van der Waals surface area contributed by atoms with Crippen LogP contribution in [-0.2, 0) is 23.9 Å². The number of carbonyl (C=O) groups excluding carboxylic acids is 5. The van der Waals surface area contributed by atoms with Crippen LogP contribution in [0.1, 0.15) is 46.9 Å². The predicted octanol–water partition coefficient (Wildman–Crippen LogP) is 1.68. The summed E-state index contributed by atoms with van der Waals surface area (Å²) in [7, 11) is 2.35. The van der Waals surface area contributed by atoms with Gasteiger partial charge in [-0.3, -0.25) is 24.0 Å². The average molecular weight is 399 g/mol. The summed E-state index contributed by atoms with van der Waals surface area (Å²) in [5.74, 6) is -3.97. The van der Waals surface area contributed by atoms with Crippen molar-refractivity contribution < 1.29 is 33.4 Å². The molecule has 0 fully saturated rings. The molecule has 2 aliphatic rings. The van der Waals surface area contributed by atoms with E-state index in [4.69, 9.17) is 9.47 Å². The normalized spacial score (nSPS) is 20.5. The number of hydrogen-bond donors (Lipinski definition) is 0. The van der Waals surface area contributed by atoms with Crippen molar-refractivity contribution in [1.82, 2.24) is 4.90 Å². The lowest BCUT2D eigenvalue weighted by Crippen LogP contribution is -2.46. The number of rotatable bonds is 6. The fourth-order valence-corrected chi connectivity index (χ4v) is 3.77. The van der Waals surface area contributed by atoms with E-state index in [2.05, 4.69) is 0 Å². The van der Waals surface area contributed by atoms with Crippen LogP contribution in [0.2, 0.25) is 0 Å². The molecule has 8 nitrogen and oxygen atoms in total. The van der Waals surface area contributed by atoms with E-state index in [-0.39, 0.29) is 29.0 Å². The number of fused-ring (bicyclic) bond motifs is 1. The first-order valence-electron chi connectivity index (χ1n) is 9.26. The summed E-state index contributed by atoms with van der Waals surface area (Å²) in [5.41, 5.74) is -2.56. The highest BCUT2D eigenvalue weighted by molar-refractivity contribution is 6.34. The van der Waals surface area contributed by atoms with Crippen LogP contribution in [0.25, 0.3) is 0 Å². The SMILES string of the molecule is CCCCOC(=O)CC1(C(=O)OC)C(=O)N(C)C2=C1C(=O)c1ccccc1C2=O. The van der Waals surface area contributed by atoms with Gasteiger partial charge in [-0.05, 0) is 6.42 Å². The van der Waals surface area contributed by atoms with Crippen LogP contribution in [0.15, 0.2) is 35.5 Å². The summed E-state index contributed by atoms with van der Waals surface area (Å²) in [6.07, 6.45) is 0.687. The summed E-state index contributed by atoms with van der Waals surface area (Å²) in [6.45, 7) is 2.04. The third-order valence-corrected chi connectivity index (χ3v) is 5.23. The van der Waals surface area contributed by atoms with E-state index in [0.29, 0.717) is 6.42 Å². The molecule has 0 spiro atoms. The van der Waals surface area contributed by atoms with Crippen LogP contribution < -0.4 is 0 Å². The van der Waals surface area contributed by atoms with Gasteiger partial charge < -0.3 is 14.4 Å². The Labute approximate surface area is 167 Å². The van der Waals surface area contributed by atoms with Crippen LogP contribution in [-0.4, -0.2) is 55.1 Å². The number of amides is 1. The van der Waals surface area contributed by atoms with Gasteiger partial charge in [0.25, 0.3) is 0 Å². The number of carbonyl (C=O) groups is 5. The summed E-state index contributed by atoms with van der Waals surface area (Å²) in [5, 5.41) is 0. The van der Waals surface area contributed by atoms with Crippen molar-refractivity contribution in [2.75, 3.05) is 20.8 Å². The molecule has 0 bridgehead atoms. The first-order valence-corrected chi connectivity index (χ1v) is 9.26. The van der Waals surface area contributed by atoms with Gasteiger partial charge in [0, 0.05) is 18.2 Å². The number of hydrogen-bond acceptors (Lipinski definition) is 7. The Kier molecular flexibility index (Phi) is 5.37. The molecule has 0 saturated heterocycles. The molecule has 1 aliphatic heterocycles. The zero-order valence-corrected chi connectivity index (χ0v) is 16.4. The molecule has 1 unspecified atom stereocenters. The summed E-state index contributed by atoms with van der Waals surface area (Å²) in [4.78, 5) is 65.7. The fourth-order valence-electron chi connectivity index (χ4n) is 3.77. The minimum absolute atomic E-state index is 0.0759. The number of Topliss-reactive ketones (excluding diaryl/α,β-unsaturated/α-hetero) is 2. The molecule has 1 heterocycles. The topological polar surface area (TPSA) is 107 Å². The highest BCUT2D eigenvalue weighted by atomic mass is 16.5. The molecule has 1 amide bonds. The van der Waals surface area contributed by atoms with Crippen molar-refractivity contribution in [1.29, 1.82) is 0 Å². The van der Waals surface area contributed by atoms with Crippen LogP contribution in [0.3, 0.4) is 0 Å². The maximum absolute atomic E-state index is 13.3. The number of ketones is 2. The van der Waals surface area contributed by atoms with Crippen molar-refractivity contribution in [3.63, 3.8) is 0 Å². The van der Waals surface area contributed by atoms with Crippen molar-refractivity contribution in [2.45, 2.75) is 26.2 Å². The third-order valence-electron chi connectivity index (χ3n) is 5.23. The van der Waals surface area contributed by atoms with Gasteiger partial charge in [0.2, 0.25) is 11.7 Å². The molecule has 0 aromatic heterocycles. The van der Waals surface area contributed by atoms with Gasteiger partial charge in [0.1, 0.15) is 5.70 Å². The van der Waals surface area contributed by atoms with E-state index < -0.39 is 41.2 Å². The molecule has 152 valence electrons. The number of esters is 2. The second kappa shape index (κ2) is 7.62. The van der Waals surface area contributed by atoms with Crippen LogP contribution >= 0.6 is 0 Å². The number of ether oxygens (including phenoxy) is 2. The third kappa shape index (κ3) is 2.95. The van der Waals surface area contributed by atoms with Crippen LogP contribution in [0, 0.1) is 5.41 Å². The molecule has 0 radical (unpaired) electrons. The number of nitrogens with zero attached hydrogens (tertiary/aromatic N) is 1. The molecule has 1 aliphatic carbocycles. The van der Waals surface area contributed by atoms with Gasteiger partial charge in [-0.1, -0.05) is 37.6 Å². The van der Waals surface area contributed by atoms with Gasteiger partial charge in [0.05, 0.1) is 25.7 Å². The average Bonchev–Trinajstić information content (AvgIpc) is 2.94. The van der Waals surface area contributed by atoms with Crippen molar-refractivity contribution in [3.05, 3.63) is 46.7 Å². The highest BCUT2D eigenvalue weighted by Gasteiger charge is 2.64. The van der Waals surface area contributed by atoms with Crippen molar-refractivity contribution in [3.8, 4) is 0 Å². The fraction of sp³-hybridized carbons (Fsp3) is 0.381. The molecule has 3 rings (SSSR count). The Morgan fingerprint density at radius 3 is 2.28 bits per heavy atom. The smallest absolute Gasteiger partial charge is 0.326 e. The quantitative estimate of drug-likeness (QED) is 0.407. The predicted molar refractivity (Wildman–Crippen MR) is 99.8 cm³/mol. The van der Waals surface area contributed by atoms with E-state index in [1.165, 1.54) is 19.2 Å². The molecular weight excluding hydrogens is 378 g/mol. The number of methoxy groups -OCH3 is 1. The van der Waals surface area contributed by atoms with Gasteiger partial charge in [-0.15, -0.1) is 0 Å². The Balaban J connectivity index is 2.15. The second-order valence-electron chi connectivity index (χ2n) is 6.94. The molecular formula is C21H21NO7. The summed E-state index contributed by atoms with van der Waals surface area (Å²) in [6, 6.07) is 6.11. The second-order valence-corrected chi connectivity index (χ2v) is 6.94. The monoisotopic (exact) mass is 399 g/mol. The molecule has 1 atom stereocenters. The van der Waals surface area contributed by atoms with Crippen molar-refractivity contribution in [2.24, 2.45) is 5.41 Å². The molecule has 1 aromatic rings. The van der Waals surface area contributed by atoms with Crippen LogP contribution in [0.5, 0.6) is 0 Å². The first kappa shape index (κ1) is 20.4. The lowest BCUT2D eigenvalue weighted by molar-refractivity contribution is -0.163. The Morgan fingerprint density at radius 2 is 1.69 bits per heavy atom. The van der Waals surface area contributed by atoms with Gasteiger partial charge in [0.15, 0.2) is 11.2 Å². The van der Waals surface area contributed by atoms with E-state index in [0.717, 1.165) is 18.4 Å². The zero-order chi connectivity index (χ0) is 21.3. The van der Waals surface area contributed by atoms with Gasteiger partial charge in [-0.2, -0.15) is 0 Å². The number of benzene rings is 1. The van der Waals surface area contributed by atoms with Crippen molar-refractivity contribution >= 4 is 29.4 Å². The summed E-state index contributed by atoms with van der Waals surface area (Å²) < 4.78 is 9.93.